The summed E-state index contributed by atoms with van der Waals surface area (Å²) >= 11 is 0. The number of piperidine rings is 1. The molecule has 0 spiro atoms. The second kappa shape index (κ2) is 7.45. The fraction of sp³-hybridized carbons (Fsp3) is 0.714. The number of amides is 1. The molecule has 2 heterocycles. The molecule has 3 fully saturated rings. The third-order valence-electron chi connectivity index (χ3n) is 6.94. The maximum absolute atomic E-state index is 13.0. The highest BCUT2D eigenvalue weighted by Gasteiger charge is 2.41. The van der Waals surface area contributed by atoms with E-state index < -0.39 is 0 Å². The van der Waals surface area contributed by atoms with Crippen LogP contribution in [0.3, 0.4) is 0 Å². The minimum atomic E-state index is 0.241. The smallest absolute Gasteiger partial charge is 0.225 e. The van der Waals surface area contributed by atoms with E-state index in [9.17, 15) is 4.79 Å². The summed E-state index contributed by atoms with van der Waals surface area (Å²) in [4.78, 5) is 19.4. The summed E-state index contributed by atoms with van der Waals surface area (Å²) in [6, 6.07) is 4.52. The fourth-order valence-electron chi connectivity index (χ4n) is 5.46. The normalized spacial score (nSPS) is 33.2. The summed E-state index contributed by atoms with van der Waals surface area (Å²) in [6.45, 7) is 1.86. The average molecular weight is 341 g/mol. The van der Waals surface area contributed by atoms with E-state index in [0.717, 1.165) is 45.2 Å². The third-order valence-corrected chi connectivity index (χ3v) is 6.94. The molecule has 0 radical (unpaired) electrons. The molecule has 2 aliphatic carbocycles. The van der Waals surface area contributed by atoms with Gasteiger partial charge < -0.3 is 10.6 Å². The Morgan fingerprint density at radius 2 is 1.88 bits per heavy atom. The number of hydrogen-bond acceptors (Lipinski definition) is 3. The van der Waals surface area contributed by atoms with E-state index in [4.69, 9.17) is 5.73 Å². The van der Waals surface area contributed by atoms with Crippen LogP contribution in [0.4, 0.5) is 0 Å². The van der Waals surface area contributed by atoms with Gasteiger partial charge in [0, 0.05) is 37.4 Å². The van der Waals surface area contributed by atoms with E-state index in [1.165, 1.54) is 24.8 Å². The minimum absolute atomic E-state index is 0.241. The molecule has 3 aliphatic rings. The molecule has 1 aromatic rings. The van der Waals surface area contributed by atoms with Crippen molar-refractivity contribution in [1.29, 1.82) is 0 Å². The summed E-state index contributed by atoms with van der Waals surface area (Å²) in [5, 5.41) is 0. The van der Waals surface area contributed by atoms with Crippen molar-refractivity contribution in [3.63, 3.8) is 0 Å². The predicted molar refractivity (Wildman–Crippen MR) is 98.8 cm³/mol. The van der Waals surface area contributed by atoms with Crippen LogP contribution in [0.1, 0.15) is 50.5 Å². The first kappa shape index (κ1) is 17.0. The molecule has 4 rings (SSSR count). The van der Waals surface area contributed by atoms with Gasteiger partial charge in [0.2, 0.25) is 5.91 Å². The topological polar surface area (TPSA) is 59.2 Å². The highest BCUT2D eigenvalue weighted by Crippen LogP contribution is 2.42. The van der Waals surface area contributed by atoms with Crippen molar-refractivity contribution < 1.29 is 4.79 Å². The highest BCUT2D eigenvalue weighted by atomic mass is 16.2. The van der Waals surface area contributed by atoms with Crippen LogP contribution in [0.15, 0.2) is 24.5 Å². The molecule has 2 saturated carbocycles. The Labute approximate surface area is 151 Å². The quantitative estimate of drug-likeness (QED) is 0.919. The van der Waals surface area contributed by atoms with E-state index in [-0.39, 0.29) is 5.92 Å². The molecule has 1 aromatic heterocycles. The van der Waals surface area contributed by atoms with Crippen molar-refractivity contribution in [2.45, 2.75) is 57.4 Å². The monoisotopic (exact) mass is 341 g/mol. The van der Waals surface area contributed by atoms with Gasteiger partial charge in [0.25, 0.3) is 0 Å². The Balaban J connectivity index is 1.29. The molecule has 4 heteroatoms. The van der Waals surface area contributed by atoms with Crippen molar-refractivity contribution >= 4 is 5.91 Å². The first-order valence-electron chi connectivity index (χ1n) is 10.1. The van der Waals surface area contributed by atoms with Gasteiger partial charge >= 0.3 is 0 Å². The number of pyridine rings is 1. The lowest BCUT2D eigenvalue weighted by atomic mass is 9.65. The van der Waals surface area contributed by atoms with Gasteiger partial charge in [-0.05, 0) is 74.3 Å². The van der Waals surface area contributed by atoms with Gasteiger partial charge in [-0.3, -0.25) is 9.78 Å². The van der Waals surface area contributed by atoms with Gasteiger partial charge in [-0.1, -0.05) is 12.5 Å². The average Bonchev–Trinajstić information content (AvgIpc) is 2.62. The largest absolute Gasteiger partial charge is 0.342 e. The number of carbonyl (C=O) groups is 1. The molecule has 1 amide bonds. The first-order valence-corrected chi connectivity index (χ1v) is 10.1. The molecule has 1 aliphatic heterocycles. The van der Waals surface area contributed by atoms with Crippen molar-refractivity contribution in [1.82, 2.24) is 9.88 Å². The molecule has 2 atom stereocenters. The SMILES string of the molecule is NC1C2CCCC1CC(C(=O)N1CCC(Cc3cccnc3)CC1)C2. The van der Waals surface area contributed by atoms with Crippen molar-refractivity contribution in [3.8, 4) is 0 Å². The summed E-state index contributed by atoms with van der Waals surface area (Å²) in [6.07, 6.45) is 13.0. The van der Waals surface area contributed by atoms with Crippen LogP contribution in [-0.2, 0) is 11.2 Å². The Hall–Kier alpha value is -1.42. The van der Waals surface area contributed by atoms with E-state index in [1.807, 2.05) is 18.5 Å². The van der Waals surface area contributed by atoms with Gasteiger partial charge in [-0.15, -0.1) is 0 Å². The number of hydrogen-bond donors (Lipinski definition) is 1. The van der Waals surface area contributed by atoms with Crippen LogP contribution in [-0.4, -0.2) is 34.9 Å². The van der Waals surface area contributed by atoms with Crippen LogP contribution in [0.5, 0.6) is 0 Å². The highest BCUT2D eigenvalue weighted by molar-refractivity contribution is 5.79. The van der Waals surface area contributed by atoms with Crippen LogP contribution in [0.25, 0.3) is 0 Å². The Bertz CT molecular complexity index is 568. The molecule has 0 aromatic carbocycles. The van der Waals surface area contributed by atoms with Gasteiger partial charge in [0.1, 0.15) is 0 Å². The molecule has 2 bridgehead atoms. The maximum atomic E-state index is 13.0. The molecule has 25 heavy (non-hydrogen) atoms. The van der Waals surface area contributed by atoms with Crippen LogP contribution >= 0.6 is 0 Å². The van der Waals surface area contributed by atoms with Gasteiger partial charge in [-0.2, -0.15) is 0 Å². The number of nitrogens with two attached hydrogens (primary N) is 1. The molecule has 1 saturated heterocycles. The van der Waals surface area contributed by atoms with Crippen LogP contribution < -0.4 is 5.73 Å². The third kappa shape index (κ3) is 3.74. The van der Waals surface area contributed by atoms with E-state index in [0.29, 0.717) is 29.7 Å². The lowest BCUT2D eigenvalue weighted by molar-refractivity contribution is -0.140. The second-order valence-electron chi connectivity index (χ2n) is 8.53. The fourth-order valence-corrected chi connectivity index (χ4v) is 5.46. The van der Waals surface area contributed by atoms with Crippen LogP contribution in [0.2, 0.25) is 0 Å². The van der Waals surface area contributed by atoms with Crippen molar-refractivity contribution in [3.05, 3.63) is 30.1 Å². The Kier molecular flexibility index (Phi) is 5.07. The predicted octanol–water partition coefficient (Wildman–Crippen LogP) is 3.02. The maximum Gasteiger partial charge on any atom is 0.225 e. The zero-order valence-electron chi connectivity index (χ0n) is 15.1. The molecule has 4 nitrogen and oxygen atoms in total. The second-order valence-corrected chi connectivity index (χ2v) is 8.53. The van der Waals surface area contributed by atoms with Gasteiger partial charge in [-0.25, -0.2) is 0 Å². The number of nitrogens with zero attached hydrogens (tertiary/aromatic N) is 2. The Morgan fingerprint density at radius 3 is 2.52 bits per heavy atom. The Morgan fingerprint density at radius 1 is 1.16 bits per heavy atom. The van der Waals surface area contributed by atoms with Crippen molar-refractivity contribution in [2.24, 2.45) is 29.4 Å². The summed E-state index contributed by atoms with van der Waals surface area (Å²) < 4.78 is 0. The number of carbonyl (C=O) groups excluding carboxylic acids is 1. The van der Waals surface area contributed by atoms with E-state index >= 15 is 0 Å². The molecule has 136 valence electrons. The van der Waals surface area contributed by atoms with Gasteiger partial charge in [0.05, 0.1) is 0 Å². The van der Waals surface area contributed by atoms with E-state index in [2.05, 4.69) is 16.0 Å². The zero-order valence-corrected chi connectivity index (χ0v) is 15.1. The summed E-state index contributed by atoms with van der Waals surface area (Å²) in [5.41, 5.74) is 7.71. The molecular formula is C21H31N3O. The minimum Gasteiger partial charge on any atom is -0.342 e. The lowest BCUT2D eigenvalue weighted by Gasteiger charge is -2.45. The van der Waals surface area contributed by atoms with E-state index in [1.54, 1.807) is 0 Å². The number of rotatable bonds is 3. The molecule has 2 unspecified atom stereocenters. The van der Waals surface area contributed by atoms with Crippen molar-refractivity contribution in [2.75, 3.05) is 13.1 Å². The zero-order chi connectivity index (χ0) is 17.2. The lowest BCUT2D eigenvalue weighted by Crippen LogP contribution is -2.50. The summed E-state index contributed by atoms with van der Waals surface area (Å²) in [5.74, 6) is 2.52. The first-order chi connectivity index (χ1) is 12.2. The number of fused-ring (bicyclic) bond motifs is 2. The van der Waals surface area contributed by atoms with Gasteiger partial charge in [0.15, 0.2) is 0 Å². The summed E-state index contributed by atoms with van der Waals surface area (Å²) in [7, 11) is 0. The number of aromatic nitrogens is 1. The molecule has 2 N–H and O–H groups in total. The number of likely N-dealkylation sites (tertiary alicyclic amines) is 1. The van der Waals surface area contributed by atoms with Crippen LogP contribution in [0, 0.1) is 23.7 Å². The molecular weight excluding hydrogens is 310 g/mol. The standard InChI is InChI=1S/C21H31N3O/c22-20-17-4-1-5-18(20)13-19(12-17)21(25)24-9-6-15(7-10-24)11-16-3-2-8-23-14-16/h2-3,8,14-15,17-20H,1,4-7,9-13,22H2.